The number of likely N-dealkylation sites (tertiary alicyclic amines) is 2. The second-order valence-corrected chi connectivity index (χ2v) is 9.39. The normalized spacial score (nSPS) is 26.5. The number of fused-ring (bicyclic) bond motifs is 1. The lowest BCUT2D eigenvalue weighted by Gasteiger charge is -2.39. The van der Waals surface area contributed by atoms with E-state index in [0.29, 0.717) is 29.7 Å². The fourth-order valence-electron chi connectivity index (χ4n) is 5.56. The zero-order valence-corrected chi connectivity index (χ0v) is 18.1. The summed E-state index contributed by atoms with van der Waals surface area (Å²) >= 11 is 0. The molecule has 30 heavy (non-hydrogen) atoms. The van der Waals surface area contributed by atoms with E-state index in [1.165, 1.54) is 16.7 Å². The molecule has 3 atom stereocenters. The SMILES string of the molecule is COc1cccc([C@H]2CN(C(=O)C3CC3)[C@@H]3CCN(Cc4cccc(C)c4)C[C@H]23)c1. The van der Waals surface area contributed by atoms with Gasteiger partial charge in [-0.2, -0.15) is 0 Å². The fourth-order valence-corrected chi connectivity index (χ4v) is 5.56. The second-order valence-electron chi connectivity index (χ2n) is 9.39. The summed E-state index contributed by atoms with van der Waals surface area (Å²) in [5, 5.41) is 0. The molecule has 0 N–H and O–H groups in total. The van der Waals surface area contributed by atoms with Crippen LogP contribution in [0.2, 0.25) is 0 Å². The van der Waals surface area contributed by atoms with Crippen molar-refractivity contribution in [2.45, 2.75) is 44.7 Å². The molecule has 4 heteroatoms. The lowest BCUT2D eigenvalue weighted by Crippen LogP contribution is -2.48. The average Bonchev–Trinajstić information content (AvgIpc) is 3.54. The van der Waals surface area contributed by atoms with E-state index in [2.05, 4.69) is 59.2 Å². The molecule has 2 aromatic rings. The Labute approximate surface area is 179 Å². The lowest BCUT2D eigenvalue weighted by molar-refractivity contribution is -0.134. The van der Waals surface area contributed by atoms with Gasteiger partial charge in [-0.1, -0.05) is 42.0 Å². The molecule has 5 rings (SSSR count). The number of hydrogen-bond acceptors (Lipinski definition) is 3. The third-order valence-electron chi connectivity index (χ3n) is 7.24. The van der Waals surface area contributed by atoms with Crippen molar-refractivity contribution in [3.05, 3.63) is 65.2 Å². The quantitative estimate of drug-likeness (QED) is 0.748. The number of benzene rings is 2. The largest absolute Gasteiger partial charge is 0.497 e. The third kappa shape index (κ3) is 3.85. The number of ether oxygens (including phenoxy) is 1. The fraction of sp³-hybridized carbons (Fsp3) is 0.500. The van der Waals surface area contributed by atoms with Gasteiger partial charge in [0.1, 0.15) is 5.75 Å². The highest BCUT2D eigenvalue weighted by molar-refractivity contribution is 5.82. The summed E-state index contributed by atoms with van der Waals surface area (Å²) in [6.07, 6.45) is 3.24. The summed E-state index contributed by atoms with van der Waals surface area (Å²) in [5.74, 6) is 2.47. The summed E-state index contributed by atoms with van der Waals surface area (Å²) in [6.45, 7) is 6.12. The molecule has 2 aliphatic heterocycles. The Kier molecular flexibility index (Phi) is 5.28. The maximum Gasteiger partial charge on any atom is 0.225 e. The van der Waals surface area contributed by atoms with Crippen LogP contribution in [0.4, 0.5) is 0 Å². The van der Waals surface area contributed by atoms with Gasteiger partial charge in [0.15, 0.2) is 0 Å². The van der Waals surface area contributed by atoms with Crippen LogP contribution >= 0.6 is 0 Å². The maximum atomic E-state index is 13.1. The molecular formula is C26H32N2O2. The zero-order chi connectivity index (χ0) is 20.7. The Morgan fingerprint density at radius 3 is 2.67 bits per heavy atom. The molecule has 0 spiro atoms. The van der Waals surface area contributed by atoms with Crippen LogP contribution in [0.1, 0.15) is 41.9 Å². The van der Waals surface area contributed by atoms with Crippen LogP contribution in [0.15, 0.2) is 48.5 Å². The zero-order valence-electron chi connectivity index (χ0n) is 18.1. The van der Waals surface area contributed by atoms with Gasteiger partial charge in [0.25, 0.3) is 0 Å². The van der Waals surface area contributed by atoms with Crippen LogP contribution < -0.4 is 4.74 Å². The van der Waals surface area contributed by atoms with Gasteiger partial charge >= 0.3 is 0 Å². The first kappa shape index (κ1) is 19.6. The van der Waals surface area contributed by atoms with Gasteiger partial charge in [-0.25, -0.2) is 0 Å². The minimum Gasteiger partial charge on any atom is -0.497 e. The number of piperidine rings is 1. The van der Waals surface area contributed by atoms with Crippen molar-refractivity contribution in [3.8, 4) is 5.75 Å². The van der Waals surface area contributed by atoms with Gasteiger partial charge in [-0.05, 0) is 49.4 Å². The molecule has 0 radical (unpaired) electrons. The molecule has 2 saturated heterocycles. The molecule has 0 aromatic heterocycles. The van der Waals surface area contributed by atoms with Gasteiger partial charge in [0.2, 0.25) is 5.91 Å². The van der Waals surface area contributed by atoms with E-state index in [1.807, 2.05) is 6.07 Å². The van der Waals surface area contributed by atoms with Gasteiger partial charge < -0.3 is 9.64 Å². The first-order chi connectivity index (χ1) is 14.6. The summed E-state index contributed by atoms with van der Waals surface area (Å²) in [5.41, 5.74) is 4.02. The molecule has 4 nitrogen and oxygen atoms in total. The Bertz CT molecular complexity index is 923. The van der Waals surface area contributed by atoms with Crippen molar-refractivity contribution in [2.75, 3.05) is 26.7 Å². The van der Waals surface area contributed by atoms with E-state index in [0.717, 1.165) is 51.2 Å². The van der Waals surface area contributed by atoms with Crippen LogP contribution in [-0.4, -0.2) is 48.5 Å². The molecule has 0 unspecified atom stereocenters. The van der Waals surface area contributed by atoms with Crippen molar-refractivity contribution in [2.24, 2.45) is 11.8 Å². The van der Waals surface area contributed by atoms with Crippen LogP contribution in [0.3, 0.4) is 0 Å². The molecular weight excluding hydrogens is 372 g/mol. The van der Waals surface area contributed by atoms with Gasteiger partial charge in [0.05, 0.1) is 7.11 Å². The van der Waals surface area contributed by atoms with Gasteiger partial charge in [-0.3, -0.25) is 9.69 Å². The molecule has 2 aromatic carbocycles. The van der Waals surface area contributed by atoms with Crippen LogP contribution in [0.5, 0.6) is 5.75 Å². The van der Waals surface area contributed by atoms with E-state index in [9.17, 15) is 4.79 Å². The summed E-state index contributed by atoms with van der Waals surface area (Å²) in [4.78, 5) is 17.9. The Balaban J connectivity index is 1.39. The van der Waals surface area contributed by atoms with E-state index in [4.69, 9.17) is 4.74 Å². The summed E-state index contributed by atoms with van der Waals surface area (Å²) < 4.78 is 5.49. The number of carbonyl (C=O) groups excluding carboxylic acids is 1. The maximum absolute atomic E-state index is 13.1. The average molecular weight is 405 g/mol. The minimum atomic E-state index is 0.292. The monoisotopic (exact) mass is 404 g/mol. The van der Waals surface area contributed by atoms with Crippen molar-refractivity contribution < 1.29 is 9.53 Å². The molecule has 158 valence electrons. The number of amides is 1. The molecule has 1 saturated carbocycles. The number of carbonyl (C=O) groups is 1. The molecule has 3 aliphatic rings. The van der Waals surface area contributed by atoms with Crippen molar-refractivity contribution in [1.29, 1.82) is 0 Å². The third-order valence-corrected chi connectivity index (χ3v) is 7.24. The minimum absolute atomic E-state index is 0.292. The van der Waals surface area contributed by atoms with Crippen molar-refractivity contribution >= 4 is 5.91 Å². The predicted octanol–water partition coefficient (Wildman–Crippen LogP) is 4.23. The van der Waals surface area contributed by atoms with Crippen LogP contribution in [-0.2, 0) is 11.3 Å². The number of methoxy groups -OCH3 is 1. The van der Waals surface area contributed by atoms with Crippen molar-refractivity contribution in [3.63, 3.8) is 0 Å². The smallest absolute Gasteiger partial charge is 0.225 e. The van der Waals surface area contributed by atoms with E-state index < -0.39 is 0 Å². The Hall–Kier alpha value is -2.33. The summed E-state index contributed by atoms with van der Waals surface area (Å²) in [7, 11) is 1.73. The van der Waals surface area contributed by atoms with Gasteiger partial charge in [-0.15, -0.1) is 0 Å². The van der Waals surface area contributed by atoms with E-state index in [-0.39, 0.29) is 0 Å². The molecule has 1 aliphatic carbocycles. The van der Waals surface area contributed by atoms with Crippen LogP contribution in [0, 0.1) is 18.8 Å². The molecule has 3 fully saturated rings. The molecule has 2 heterocycles. The number of hydrogen-bond donors (Lipinski definition) is 0. The molecule has 0 bridgehead atoms. The lowest BCUT2D eigenvalue weighted by atomic mass is 9.81. The number of aryl methyl sites for hydroxylation is 1. The topological polar surface area (TPSA) is 32.8 Å². The Morgan fingerprint density at radius 1 is 1.07 bits per heavy atom. The number of nitrogens with zero attached hydrogens (tertiary/aromatic N) is 2. The standard InChI is InChI=1S/C26H32N2O2/c1-18-5-3-6-19(13-18)15-27-12-11-25-24(16-27)23(17-28(25)26(29)20-9-10-20)21-7-4-8-22(14-21)30-2/h3-8,13-14,20,23-25H,9-12,15-17H2,1-2H3/t23-,24-,25-/m1/s1. The van der Waals surface area contributed by atoms with Gasteiger partial charge in [0, 0.05) is 50.0 Å². The first-order valence-corrected chi connectivity index (χ1v) is 11.3. The predicted molar refractivity (Wildman–Crippen MR) is 119 cm³/mol. The summed E-state index contributed by atoms with van der Waals surface area (Å²) in [6, 6.07) is 17.7. The molecule has 1 amide bonds. The van der Waals surface area contributed by atoms with Crippen LogP contribution in [0.25, 0.3) is 0 Å². The highest BCUT2D eigenvalue weighted by atomic mass is 16.5. The first-order valence-electron chi connectivity index (χ1n) is 11.3. The van der Waals surface area contributed by atoms with E-state index in [1.54, 1.807) is 7.11 Å². The number of rotatable bonds is 5. The highest BCUT2D eigenvalue weighted by Crippen LogP contribution is 2.44. The highest BCUT2D eigenvalue weighted by Gasteiger charge is 2.49. The van der Waals surface area contributed by atoms with E-state index >= 15 is 0 Å². The second kappa shape index (κ2) is 8.07. The van der Waals surface area contributed by atoms with Crippen molar-refractivity contribution in [1.82, 2.24) is 9.80 Å². The Morgan fingerprint density at radius 2 is 1.90 bits per heavy atom.